The van der Waals surface area contributed by atoms with Crippen LogP contribution in [-0.4, -0.2) is 14.2 Å². The molecule has 0 aliphatic heterocycles. The van der Waals surface area contributed by atoms with Gasteiger partial charge in [-0.15, -0.1) is 0 Å². The van der Waals surface area contributed by atoms with Crippen molar-refractivity contribution < 1.29 is 4.74 Å². The van der Waals surface area contributed by atoms with Gasteiger partial charge in [0.15, 0.2) is 0 Å². The van der Waals surface area contributed by atoms with E-state index in [1.807, 2.05) is 31.2 Å². The Kier molecular flexibility index (Phi) is 3.10. The first-order valence-corrected chi connectivity index (χ1v) is 4.41. The molecule has 74 valence electrons. The zero-order valence-corrected chi connectivity index (χ0v) is 8.66. The minimum atomic E-state index is -0.658. The topological polar surface area (TPSA) is 45.0 Å². The highest BCUT2D eigenvalue weighted by Gasteiger charge is 2.23. The quantitative estimate of drug-likeness (QED) is 0.788. The van der Waals surface area contributed by atoms with E-state index < -0.39 is 5.54 Å². The van der Waals surface area contributed by atoms with Crippen molar-refractivity contribution >= 4 is 0 Å². The van der Waals surface area contributed by atoms with Crippen molar-refractivity contribution in [1.29, 1.82) is 5.26 Å². The molecule has 0 spiro atoms. The first-order chi connectivity index (χ1) is 6.66. The fraction of sp³-hybridized carbons (Fsp3) is 0.364. The van der Waals surface area contributed by atoms with Crippen molar-refractivity contribution in [1.82, 2.24) is 5.32 Å². The number of benzene rings is 1. The number of rotatable bonds is 3. The molecule has 0 aliphatic carbocycles. The first kappa shape index (κ1) is 10.6. The Morgan fingerprint density at radius 2 is 2.21 bits per heavy atom. The van der Waals surface area contributed by atoms with Crippen molar-refractivity contribution in [3.63, 3.8) is 0 Å². The molecule has 1 atom stereocenters. The third kappa shape index (κ3) is 1.86. The Balaban J connectivity index is 3.12. The summed E-state index contributed by atoms with van der Waals surface area (Å²) in [5.41, 5.74) is 0.246. The Bertz CT molecular complexity index is 357. The van der Waals surface area contributed by atoms with E-state index in [9.17, 15) is 0 Å². The number of methoxy groups -OCH3 is 1. The Morgan fingerprint density at radius 1 is 1.50 bits per heavy atom. The average Bonchev–Trinajstić information content (AvgIpc) is 2.28. The molecule has 0 saturated carbocycles. The zero-order chi connectivity index (χ0) is 10.6. The molecule has 0 bridgehead atoms. The van der Waals surface area contributed by atoms with Gasteiger partial charge in [0.05, 0.1) is 13.2 Å². The highest BCUT2D eigenvalue weighted by molar-refractivity contribution is 5.36. The van der Waals surface area contributed by atoms with Crippen molar-refractivity contribution in [2.24, 2.45) is 0 Å². The number of hydrogen-bond acceptors (Lipinski definition) is 3. The molecule has 14 heavy (non-hydrogen) atoms. The van der Waals surface area contributed by atoms with E-state index in [0.29, 0.717) is 0 Å². The van der Waals surface area contributed by atoms with E-state index in [2.05, 4.69) is 11.4 Å². The van der Waals surface area contributed by atoms with Gasteiger partial charge in [-0.05, 0) is 31.7 Å². The maximum atomic E-state index is 9.05. The number of nitrogens with one attached hydrogen (secondary N) is 1. The van der Waals surface area contributed by atoms with Crippen LogP contribution in [0.25, 0.3) is 0 Å². The molecule has 1 N–H and O–H groups in total. The van der Waals surface area contributed by atoms with Gasteiger partial charge in [-0.2, -0.15) is 5.26 Å². The van der Waals surface area contributed by atoms with Crippen molar-refractivity contribution in [2.75, 3.05) is 14.2 Å². The predicted molar refractivity (Wildman–Crippen MR) is 55.0 cm³/mol. The maximum absolute atomic E-state index is 9.05. The SMILES string of the molecule is CN[C@](C)(C#N)c1cccc(OC)c1. The molecule has 3 nitrogen and oxygen atoms in total. The largest absolute Gasteiger partial charge is 0.497 e. The van der Waals surface area contributed by atoms with E-state index in [1.165, 1.54) is 0 Å². The standard InChI is InChI=1S/C11H14N2O/c1-11(8-12,13-2)9-5-4-6-10(7-9)14-3/h4-7,13H,1-3H3/t11-/m1/s1. The smallest absolute Gasteiger partial charge is 0.129 e. The number of nitrogens with zero attached hydrogens (tertiary/aromatic N) is 1. The van der Waals surface area contributed by atoms with Crippen LogP contribution in [0, 0.1) is 11.3 Å². The summed E-state index contributed by atoms with van der Waals surface area (Å²) in [6.45, 7) is 1.84. The Morgan fingerprint density at radius 3 is 2.71 bits per heavy atom. The summed E-state index contributed by atoms with van der Waals surface area (Å²) in [4.78, 5) is 0. The lowest BCUT2D eigenvalue weighted by atomic mass is 9.94. The second kappa shape index (κ2) is 4.12. The fourth-order valence-corrected chi connectivity index (χ4v) is 1.20. The summed E-state index contributed by atoms with van der Waals surface area (Å²) in [7, 11) is 3.38. The van der Waals surface area contributed by atoms with Crippen LogP contribution in [0.5, 0.6) is 5.75 Å². The molecule has 1 aromatic rings. The molecule has 0 amide bonds. The summed E-state index contributed by atoms with van der Waals surface area (Å²) in [5.74, 6) is 0.763. The third-order valence-electron chi connectivity index (χ3n) is 2.37. The fourth-order valence-electron chi connectivity index (χ4n) is 1.20. The summed E-state index contributed by atoms with van der Waals surface area (Å²) in [5, 5.41) is 12.0. The van der Waals surface area contributed by atoms with Crippen molar-refractivity contribution in [2.45, 2.75) is 12.5 Å². The van der Waals surface area contributed by atoms with E-state index in [0.717, 1.165) is 11.3 Å². The maximum Gasteiger partial charge on any atom is 0.129 e. The van der Waals surface area contributed by atoms with Gasteiger partial charge in [-0.3, -0.25) is 5.32 Å². The summed E-state index contributed by atoms with van der Waals surface area (Å²) >= 11 is 0. The molecule has 3 heteroatoms. The Hall–Kier alpha value is -1.53. The van der Waals surface area contributed by atoms with Gasteiger partial charge in [0.1, 0.15) is 11.3 Å². The normalized spacial score (nSPS) is 14.1. The lowest BCUT2D eigenvalue weighted by Crippen LogP contribution is -2.34. The summed E-state index contributed by atoms with van der Waals surface area (Å²) in [6, 6.07) is 9.73. The van der Waals surface area contributed by atoms with Gasteiger partial charge in [-0.1, -0.05) is 12.1 Å². The van der Waals surface area contributed by atoms with Gasteiger partial charge in [0.2, 0.25) is 0 Å². The van der Waals surface area contributed by atoms with Crippen LogP contribution in [-0.2, 0) is 5.54 Å². The number of nitriles is 1. The zero-order valence-electron chi connectivity index (χ0n) is 8.66. The second-order valence-corrected chi connectivity index (χ2v) is 3.22. The van der Waals surface area contributed by atoms with Crippen LogP contribution >= 0.6 is 0 Å². The van der Waals surface area contributed by atoms with E-state index in [4.69, 9.17) is 10.00 Å². The third-order valence-corrected chi connectivity index (χ3v) is 2.37. The van der Waals surface area contributed by atoms with Crippen LogP contribution < -0.4 is 10.1 Å². The lowest BCUT2D eigenvalue weighted by molar-refractivity contribution is 0.412. The molecule has 0 fully saturated rings. The van der Waals surface area contributed by atoms with Crippen LogP contribution in [0.2, 0.25) is 0 Å². The second-order valence-electron chi connectivity index (χ2n) is 3.22. The monoisotopic (exact) mass is 190 g/mol. The molecule has 0 saturated heterocycles. The van der Waals surface area contributed by atoms with Crippen molar-refractivity contribution in [3.8, 4) is 11.8 Å². The van der Waals surface area contributed by atoms with Crippen LogP contribution in [0.3, 0.4) is 0 Å². The van der Waals surface area contributed by atoms with E-state index in [-0.39, 0.29) is 0 Å². The molecular weight excluding hydrogens is 176 g/mol. The van der Waals surface area contributed by atoms with E-state index >= 15 is 0 Å². The van der Waals surface area contributed by atoms with Gasteiger partial charge < -0.3 is 4.74 Å². The molecule has 1 aromatic carbocycles. The molecule has 1 rings (SSSR count). The highest BCUT2D eigenvalue weighted by Crippen LogP contribution is 2.23. The molecule has 0 aliphatic rings. The average molecular weight is 190 g/mol. The number of ether oxygens (including phenoxy) is 1. The minimum Gasteiger partial charge on any atom is -0.497 e. The summed E-state index contributed by atoms with van der Waals surface area (Å²) < 4.78 is 5.10. The van der Waals surface area contributed by atoms with Gasteiger partial charge in [0, 0.05) is 0 Å². The molecule has 0 aromatic heterocycles. The van der Waals surface area contributed by atoms with Crippen LogP contribution in [0.15, 0.2) is 24.3 Å². The molecular formula is C11H14N2O. The van der Waals surface area contributed by atoms with Gasteiger partial charge in [-0.25, -0.2) is 0 Å². The summed E-state index contributed by atoms with van der Waals surface area (Å²) in [6.07, 6.45) is 0. The first-order valence-electron chi connectivity index (χ1n) is 4.41. The molecule has 0 radical (unpaired) electrons. The minimum absolute atomic E-state index is 0.658. The van der Waals surface area contributed by atoms with Gasteiger partial charge >= 0.3 is 0 Å². The van der Waals surface area contributed by atoms with E-state index in [1.54, 1.807) is 14.2 Å². The predicted octanol–water partition coefficient (Wildman–Crippen LogP) is 1.65. The van der Waals surface area contributed by atoms with Crippen LogP contribution in [0.1, 0.15) is 12.5 Å². The molecule has 0 heterocycles. The molecule has 0 unspecified atom stereocenters. The van der Waals surface area contributed by atoms with Crippen LogP contribution in [0.4, 0.5) is 0 Å². The highest BCUT2D eigenvalue weighted by atomic mass is 16.5. The number of hydrogen-bond donors (Lipinski definition) is 1. The van der Waals surface area contributed by atoms with Gasteiger partial charge in [0.25, 0.3) is 0 Å². The lowest BCUT2D eigenvalue weighted by Gasteiger charge is -2.21. The Labute approximate surface area is 84.3 Å². The van der Waals surface area contributed by atoms with Crippen molar-refractivity contribution in [3.05, 3.63) is 29.8 Å².